The highest BCUT2D eigenvalue weighted by Crippen LogP contribution is 2.35. The van der Waals surface area contributed by atoms with Crippen molar-refractivity contribution in [3.63, 3.8) is 0 Å². The zero-order chi connectivity index (χ0) is 14.8. The zero-order valence-corrected chi connectivity index (χ0v) is 12.5. The molecule has 0 aliphatic rings. The predicted octanol–water partition coefficient (Wildman–Crippen LogP) is 4.34. The molecule has 0 spiro atoms. The second-order valence-electron chi connectivity index (χ2n) is 4.37. The summed E-state index contributed by atoms with van der Waals surface area (Å²) in [4.78, 5) is 13.5. The summed E-state index contributed by atoms with van der Waals surface area (Å²) in [5, 5.41) is 0. The van der Waals surface area contributed by atoms with Gasteiger partial charge in [-0.25, -0.2) is 0 Å². The van der Waals surface area contributed by atoms with Gasteiger partial charge in [0.2, 0.25) is 0 Å². The molecule has 0 fully saturated rings. The molecule has 0 bridgehead atoms. The third-order valence-electron chi connectivity index (χ3n) is 3.09. The molecule has 19 heavy (non-hydrogen) atoms. The number of amides is 1. The van der Waals surface area contributed by atoms with Gasteiger partial charge in [-0.3, -0.25) is 4.79 Å². The molecule has 0 aliphatic heterocycles. The maximum absolute atomic E-state index is 12.8. The molecule has 0 radical (unpaired) electrons. The zero-order valence-electron chi connectivity index (χ0n) is 10.9. The molecule has 1 rings (SSSR count). The van der Waals surface area contributed by atoms with Gasteiger partial charge in [0.15, 0.2) is 0 Å². The first-order valence-corrected chi connectivity index (χ1v) is 6.61. The highest BCUT2D eigenvalue weighted by Gasteiger charge is 2.34. The third-order valence-corrected chi connectivity index (χ3v) is 3.78. The first-order chi connectivity index (χ1) is 8.68. The van der Waals surface area contributed by atoms with Crippen LogP contribution in [0.1, 0.15) is 36.2 Å². The number of hydrogen-bond acceptors (Lipinski definition) is 1. The van der Waals surface area contributed by atoms with Gasteiger partial charge >= 0.3 is 6.18 Å². The van der Waals surface area contributed by atoms with Crippen LogP contribution in [-0.2, 0) is 6.18 Å². The first-order valence-electron chi connectivity index (χ1n) is 5.82. The van der Waals surface area contributed by atoms with Crippen LogP contribution in [0.25, 0.3) is 0 Å². The smallest absolute Gasteiger partial charge is 0.339 e. The van der Waals surface area contributed by atoms with Crippen molar-refractivity contribution in [3.05, 3.63) is 33.8 Å². The Balaban J connectivity index is 3.13. The van der Waals surface area contributed by atoms with Crippen molar-refractivity contribution in [2.45, 2.75) is 32.5 Å². The van der Waals surface area contributed by atoms with E-state index < -0.39 is 17.6 Å². The van der Waals surface area contributed by atoms with E-state index in [-0.39, 0.29) is 16.1 Å². The number of alkyl halides is 3. The van der Waals surface area contributed by atoms with Gasteiger partial charge in [0, 0.05) is 23.1 Å². The van der Waals surface area contributed by atoms with E-state index in [4.69, 9.17) is 0 Å². The Bertz CT molecular complexity index is 473. The Kier molecular flexibility index (Phi) is 5.01. The van der Waals surface area contributed by atoms with Crippen molar-refractivity contribution in [1.29, 1.82) is 0 Å². The molecule has 0 heterocycles. The van der Waals surface area contributed by atoms with Crippen molar-refractivity contribution < 1.29 is 18.0 Å². The van der Waals surface area contributed by atoms with Crippen LogP contribution in [0.3, 0.4) is 0 Å². The molecule has 1 aromatic rings. The van der Waals surface area contributed by atoms with E-state index in [9.17, 15) is 18.0 Å². The van der Waals surface area contributed by atoms with Crippen molar-refractivity contribution in [2.24, 2.45) is 0 Å². The summed E-state index contributed by atoms with van der Waals surface area (Å²) in [7, 11) is 1.59. The summed E-state index contributed by atoms with van der Waals surface area (Å²) in [6.07, 6.45) is -3.74. The van der Waals surface area contributed by atoms with E-state index in [1.54, 1.807) is 7.05 Å². The molecule has 1 aromatic carbocycles. The van der Waals surface area contributed by atoms with E-state index in [2.05, 4.69) is 15.9 Å². The summed E-state index contributed by atoms with van der Waals surface area (Å²) < 4.78 is 38.2. The third kappa shape index (κ3) is 3.72. The number of carbonyl (C=O) groups excluding carboxylic acids is 1. The standard InChI is InChI=1S/C13H15BrF3NO/c1-4-8(2)18(3)12(19)9-5-6-11(14)10(7-9)13(15,16)17/h5-8H,4H2,1-3H3. The van der Waals surface area contributed by atoms with Gasteiger partial charge in [-0.2, -0.15) is 13.2 Å². The van der Waals surface area contributed by atoms with E-state index in [0.29, 0.717) is 0 Å². The lowest BCUT2D eigenvalue weighted by Crippen LogP contribution is -2.34. The van der Waals surface area contributed by atoms with Gasteiger partial charge in [0.25, 0.3) is 5.91 Å². The minimum Gasteiger partial charge on any atom is -0.339 e. The van der Waals surface area contributed by atoms with Crippen LogP contribution in [-0.4, -0.2) is 23.9 Å². The van der Waals surface area contributed by atoms with Crippen LogP contribution in [0, 0.1) is 0 Å². The summed E-state index contributed by atoms with van der Waals surface area (Å²) in [6.45, 7) is 3.76. The summed E-state index contributed by atoms with van der Waals surface area (Å²) in [5.74, 6) is -0.410. The Labute approximate surface area is 118 Å². The fourth-order valence-electron chi connectivity index (χ4n) is 1.55. The van der Waals surface area contributed by atoms with Crippen LogP contribution in [0.15, 0.2) is 22.7 Å². The summed E-state index contributed by atoms with van der Waals surface area (Å²) in [6, 6.07) is 3.50. The first kappa shape index (κ1) is 16.0. The molecule has 0 saturated heterocycles. The largest absolute Gasteiger partial charge is 0.417 e. The predicted molar refractivity (Wildman–Crippen MR) is 71.0 cm³/mol. The molecule has 0 aromatic heterocycles. The van der Waals surface area contributed by atoms with Gasteiger partial charge in [-0.05, 0) is 31.5 Å². The van der Waals surface area contributed by atoms with Gasteiger partial charge in [0.05, 0.1) is 5.56 Å². The second-order valence-corrected chi connectivity index (χ2v) is 5.22. The molecule has 1 amide bonds. The lowest BCUT2D eigenvalue weighted by atomic mass is 10.1. The Morgan fingerprint density at radius 1 is 1.42 bits per heavy atom. The molecule has 6 heteroatoms. The van der Waals surface area contributed by atoms with E-state index >= 15 is 0 Å². The van der Waals surface area contributed by atoms with Crippen LogP contribution >= 0.6 is 15.9 Å². The fourth-order valence-corrected chi connectivity index (χ4v) is 2.02. The highest BCUT2D eigenvalue weighted by molar-refractivity contribution is 9.10. The summed E-state index contributed by atoms with van der Waals surface area (Å²) >= 11 is 2.85. The van der Waals surface area contributed by atoms with Crippen molar-refractivity contribution >= 4 is 21.8 Å². The van der Waals surface area contributed by atoms with Crippen molar-refractivity contribution in [3.8, 4) is 0 Å². The average molecular weight is 338 g/mol. The molecule has 0 aliphatic carbocycles. The van der Waals surface area contributed by atoms with Gasteiger partial charge < -0.3 is 4.90 Å². The minimum atomic E-state index is -4.48. The summed E-state index contributed by atoms with van der Waals surface area (Å²) in [5.41, 5.74) is -0.797. The monoisotopic (exact) mass is 337 g/mol. The van der Waals surface area contributed by atoms with Gasteiger partial charge in [-0.15, -0.1) is 0 Å². The quantitative estimate of drug-likeness (QED) is 0.803. The van der Waals surface area contributed by atoms with Gasteiger partial charge in [0.1, 0.15) is 0 Å². The fraction of sp³-hybridized carbons (Fsp3) is 0.462. The highest BCUT2D eigenvalue weighted by atomic mass is 79.9. The van der Waals surface area contributed by atoms with Crippen molar-refractivity contribution in [2.75, 3.05) is 7.05 Å². The number of benzene rings is 1. The molecule has 1 unspecified atom stereocenters. The van der Waals surface area contributed by atoms with Crippen molar-refractivity contribution in [1.82, 2.24) is 4.90 Å². The van der Waals surface area contributed by atoms with Crippen LogP contribution < -0.4 is 0 Å². The lowest BCUT2D eigenvalue weighted by Gasteiger charge is -2.24. The number of nitrogens with zero attached hydrogens (tertiary/aromatic N) is 1. The molecular weight excluding hydrogens is 323 g/mol. The minimum absolute atomic E-state index is 0.0227. The second kappa shape index (κ2) is 5.94. The van der Waals surface area contributed by atoms with E-state index in [1.807, 2.05) is 13.8 Å². The SMILES string of the molecule is CCC(C)N(C)C(=O)c1ccc(Br)c(C(F)(F)F)c1. The molecule has 0 saturated carbocycles. The number of carbonyl (C=O) groups is 1. The van der Waals surface area contributed by atoms with E-state index in [0.717, 1.165) is 12.5 Å². The number of rotatable bonds is 3. The molecule has 1 atom stereocenters. The van der Waals surface area contributed by atoms with Crippen LogP contribution in [0.5, 0.6) is 0 Å². The number of halogens is 4. The Morgan fingerprint density at radius 2 is 2.00 bits per heavy atom. The Morgan fingerprint density at radius 3 is 2.47 bits per heavy atom. The maximum Gasteiger partial charge on any atom is 0.417 e. The van der Waals surface area contributed by atoms with Crippen LogP contribution in [0.4, 0.5) is 13.2 Å². The molecule has 2 nitrogen and oxygen atoms in total. The van der Waals surface area contributed by atoms with Crippen LogP contribution in [0.2, 0.25) is 0 Å². The average Bonchev–Trinajstić information content (AvgIpc) is 2.35. The topological polar surface area (TPSA) is 20.3 Å². The maximum atomic E-state index is 12.8. The number of hydrogen-bond donors (Lipinski definition) is 0. The lowest BCUT2D eigenvalue weighted by molar-refractivity contribution is -0.138. The Hall–Kier alpha value is -1.04. The van der Waals surface area contributed by atoms with Gasteiger partial charge in [-0.1, -0.05) is 22.9 Å². The molecule has 0 N–H and O–H groups in total. The molecule has 106 valence electrons. The normalized spacial score (nSPS) is 13.2. The van der Waals surface area contributed by atoms with E-state index in [1.165, 1.54) is 17.0 Å². The molecular formula is C13H15BrF3NO.